The van der Waals surface area contributed by atoms with Crippen molar-refractivity contribution in [3.8, 4) is 5.82 Å². The second kappa shape index (κ2) is 6.88. The Morgan fingerprint density at radius 2 is 2.21 bits per heavy atom. The summed E-state index contributed by atoms with van der Waals surface area (Å²) in [7, 11) is 0. The third-order valence-corrected chi connectivity index (χ3v) is 6.72. The molecule has 2 aliphatic rings. The number of thiophene rings is 1. The number of pyridine rings is 1. The minimum absolute atomic E-state index is 0.200. The first-order chi connectivity index (χ1) is 14.1. The van der Waals surface area contributed by atoms with Crippen molar-refractivity contribution in [1.82, 2.24) is 14.5 Å². The standard InChI is InChI=1S/C23H24N4OS/c1-17(2)14-27-19-5-3-9-24-22(19)26-10-4-6-20(26)23(27)8-11-25(16-23)21(28)13-18-7-12-29-15-18/h3-7,9-10,12,15H,1,8,11,13-14,16H2,2H3/t23-/m0/s1. The Morgan fingerprint density at radius 3 is 3.00 bits per heavy atom. The van der Waals surface area contributed by atoms with Crippen molar-refractivity contribution in [2.24, 2.45) is 0 Å². The predicted octanol–water partition coefficient (Wildman–Crippen LogP) is 4.00. The maximum Gasteiger partial charge on any atom is 0.227 e. The summed E-state index contributed by atoms with van der Waals surface area (Å²) in [5.74, 6) is 1.15. The number of fused-ring (bicyclic) bond motifs is 4. The molecule has 5 heterocycles. The van der Waals surface area contributed by atoms with Gasteiger partial charge in [0, 0.05) is 32.0 Å². The van der Waals surface area contributed by atoms with Crippen molar-refractivity contribution in [2.75, 3.05) is 24.5 Å². The van der Waals surface area contributed by atoms with Gasteiger partial charge in [0.25, 0.3) is 0 Å². The van der Waals surface area contributed by atoms with E-state index in [1.807, 2.05) is 28.6 Å². The van der Waals surface area contributed by atoms with Crippen molar-refractivity contribution in [2.45, 2.75) is 25.3 Å². The third-order valence-electron chi connectivity index (χ3n) is 5.99. The highest BCUT2D eigenvalue weighted by Gasteiger charge is 2.50. The van der Waals surface area contributed by atoms with Crippen LogP contribution in [0.1, 0.15) is 24.6 Å². The van der Waals surface area contributed by atoms with Gasteiger partial charge in [0.15, 0.2) is 5.82 Å². The van der Waals surface area contributed by atoms with Gasteiger partial charge in [-0.25, -0.2) is 4.98 Å². The van der Waals surface area contributed by atoms with Gasteiger partial charge in [-0.05, 0) is 60.0 Å². The van der Waals surface area contributed by atoms with Gasteiger partial charge in [0.05, 0.1) is 17.8 Å². The zero-order valence-electron chi connectivity index (χ0n) is 16.5. The second-order valence-electron chi connectivity index (χ2n) is 8.06. The predicted molar refractivity (Wildman–Crippen MR) is 117 cm³/mol. The molecule has 1 fully saturated rings. The Labute approximate surface area is 174 Å². The van der Waals surface area contributed by atoms with Gasteiger partial charge in [-0.3, -0.25) is 4.79 Å². The number of aromatic nitrogens is 2. The Kier molecular flexibility index (Phi) is 4.32. The van der Waals surface area contributed by atoms with Gasteiger partial charge in [0.2, 0.25) is 5.91 Å². The number of rotatable bonds is 4. The zero-order valence-corrected chi connectivity index (χ0v) is 17.4. The van der Waals surface area contributed by atoms with Gasteiger partial charge in [-0.15, -0.1) is 0 Å². The van der Waals surface area contributed by atoms with Crippen LogP contribution in [0.25, 0.3) is 5.82 Å². The number of likely N-dealkylation sites (tertiary alicyclic amines) is 1. The SMILES string of the molecule is C=C(C)CN1c2cccnc2-n2cccc2[C@@]12CCN(C(=O)Cc1ccsc1)C2. The molecule has 0 aromatic carbocycles. The van der Waals surface area contributed by atoms with Crippen molar-refractivity contribution in [3.05, 3.63) is 76.9 Å². The summed E-state index contributed by atoms with van der Waals surface area (Å²) >= 11 is 1.64. The summed E-state index contributed by atoms with van der Waals surface area (Å²) in [6, 6.07) is 10.4. The molecule has 0 N–H and O–H groups in total. The van der Waals surface area contributed by atoms with E-state index in [2.05, 4.69) is 57.7 Å². The van der Waals surface area contributed by atoms with E-state index in [0.717, 1.165) is 42.2 Å². The lowest BCUT2D eigenvalue weighted by atomic mass is 9.88. The van der Waals surface area contributed by atoms with E-state index < -0.39 is 0 Å². The van der Waals surface area contributed by atoms with Gasteiger partial charge in [-0.1, -0.05) is 12.2 Å². The van der Waals surface area contributed by atoms with E-state index in [0.29, 0.717) is 13.0 Å². The highest BCUT2D eigenvalue weighted by Crippen LogP contribution is 2.47. The Bertz CT molecular complexity index is 1070. The number of amides is 1. The Hall–Kier alpha value is -2.86. The van der Waals surface area contributed by atoms with Crippen molar-refractivity contribution >= 4 is 22.9 Å². The van der Waals surface area contributed by atoms with Crippen LogP contribution in [0, 0.1) is 0 Å². The fourth-order valence-electron chi connectivity index (χ4n) is 4.72. The molecule has 1 spiro atoms. The molecule has 1 saturated heterocycles. The first-order valence-electron chi connectivity index (χ1n) is 9.92. The van der Waals surface area contributed by atoms with Crippen LogP contribution in [0.3, 0.4) is 0 Å². The first kappa shape index (κ1) is 18.2. The molecule has 1 amide bonds. The topological polar surface area (TPSA) is 41.4 Å². The van der Waals surface area contributed by atoms with Crippen LogP contribution in [0.2, 0.25) is 0 Å². The van der Waals surface area contributed by atoms with Gasteiger partial charge < -0.3 is 14.4 Å². The number of carbonyl (C=O) groups excluding carboxylic acids is 1. The van der Waals surface area contributed by atoms with Crippen LogP contribution in [-0.2, 0) is 16.8 Å². The molecule has 1 atom stereocenters. The third kappa shape index (κ3) is 2.90. The van der Waals surface area contributed by atoms with E-state index in [9.17, 15) is 4.79 Å². The van der Waals surface area contributed by atoms with Crippen molar-refractivity contribution in [1.29, 1.82) is 0 Å². The fraction of sp³-hybridized carbons (Fsp3) is 0.304. The summed E-state index contributed by atoms with van der Waals surface area (Å²) in [5, 5.41) is 4.09. The van der Waals surface area contributed by atoms with Crippen LogP contribution >= 0.6 is 11.3 Å². The summed E-state index contributed by atoms with van der Waals surface area (Å²) in [6.07, 6.45) is 5.29. The maximum atomic E-state index is 13.0. The molecule has 0 unspecified atom stereocenters. The van der Waals surface area contributed by atoms with E-state index in [-0.39, 0.29) is 11.4 Å². The molecular formula is C23H24N4OS. The number of hydrogen-bond donors (Lipinski definition) is 0. The van der Waals surface area contributed by atoms with Gasteiger partial charge in [0.1, 0.15) is 5.54 Å². The lowest BCUT2D eigenvalue weighted by molar-refractivity contribution is -0.129. The van der Waals surface area contributed by atoms with Crippen LogP contribution in [-0.4, -0.2) is 40.0 Å². The number of carbonyl (C=O) groups is 1. The maximum absolute atomic E-state index is 13.0. The van der Waals surface area contributed by atoms with Crippen molar-refractivity contribution < 1.29 is 4.79 Å². The van der Waals surface area contributed by atoms with E-state index in [1.165, 1.54) is 5.69 Å². The quantitative estimate of drug-likeness (QED) is 0.617. The lowest BCUT2D eigenvalue weighted by Crippen LogP contribution is -2.53. The Balaban J connectivity index is 1.54. The van der Waals surface area contributed by atoms with Crippen LogP contribution in [0.15, 0.2) is 65.6 Å². The summed E-state index contributed by atoms with van der Waals surface area (Å²) in [5.41, 5.74) is 4.24. The average molecular weight is 405 g/mol. The van der Waals surface area contributed by atoms with Crippen LogP contribution < -0.4 is 4.90 Å². The number of anilines is 1. The molecule has 29 heavy (non-hydrogen) atoms. The molecular weight excluding hydrogens is 380 g/mol. The minimum atomic E-state index is -0.261. The molecule has 5 rings (SSSR count). The molecule has 2 aliphatic heterocycles. The molecule has 0 saturated carbocycles. The second-order valence-corrected chi connectivity index (χ2v) is 8.84. The smallest absolute Gasteiger partial charge is 0.227 e. The highest BCUT2D eigenvalue weighted by molar-refractivity contribution is 7.08. The van der Waals surface area contributed by atoms with Gasteiger partial charge >= 0.3 is 0 Å². The summed E-state index contributed by atoms with van der Waals surface area (Å²) in [4.78, 5) is 22.2. The molecule has 0 radical (unpaired) electrons. The largest absolute Gasteiger partial charge is 0.351 e. The van der Waals surface area contributed by atoms with Crippen LogP contribution in [0.4, 0.5) is 5.69 Å². The van der Waals surface area contributed by atoms with E-state index >= 15 is 0 Å². The average Bonchev–Trinajstić information content (AvgIpc) is 3.45. The Morgan fingerprint density at radius 1 is 1.31 bits per heavy atom. The molecule has 6 heteroatoms. The molecule has 3 aromatic heterocycles. The molecule has 3 aromatic rings. The van der Waals surface area contributed by atoms with Crippen LogP contribution in [0.5, 0.6) is 0 Å². The van der Waals surface area contributed by atoms with Gasteiger partial charge in [-0.2, -0.15) is 11.3 Å². The zero-order chi connectivity index (χ0) is 20.0. The number of nitrogens with zero attached hydrogens (tertiary/aromatic N) is 4. The first-order valence-corrected chi connectivity index (χ1v) is 10.9. The lowest BCUT2D eigenvalue weighted by Gasteiger charge is -2.47. The van der Waals surface area contributed by atoms with E-state index in [1.54, 1.807) is 11.3 Å². The summed E-state index contributed by atoms with van der Waals surface area (Å²) in [6.45, 7) is 8.43. The molecule has 148 valence electrons. The highest BCUT2D eigenvalue weighted by atomic mass is 32.1. The fourth-order valence-corrected chi connectivity index (χ4v) is 5.39. The molecule has 0 bridgehead atoms. The van der Waals surface area contributed by atoms with E-state index in [4.69, 9.17) is 0 Å². The number of hydrogen-bond acceptors (Lipinski definition) is 4. The van der Waals surface area contributed by atoms with Crippen molar-refractivity contribution in [3.63, 3.8) is 0 Å². The molecule has 0 aliphatic carbocycles. The normalized spacial score (nSPS) is 20.0. The molecule has 5 nitrogen and oxygen atoms in total. The monoisotopic (exact) mass is 404 g/mol. The summed E-state index contributed by atoms with van der Waals surface area (Å²) < 4.78 is 2.19. The minimum Gasteiger partial charge on any atom is -0.351 e.